The van der Waals surface area contributed by atoms with Crippen LogP contribution in [-0.2, 0) is 0 Å². The maximum absolute atomic E-state index is 4.61. The van der Waals surface area contributed by atoms with Crippen LogP contribution in [0.5, 0.6) is 0 Å². The second kappa shape index (κ2) is 5.13. The van der Waals surface area contributed by atoms with Crippen molar-refractivity contribution in [3.63, 3.8) is 0 Å². The van der Waals surface area contributed by atoms with E-state index in [2.05, 4.69) is 46.0 Å². The van der Waals surface area contributed by atoms with Crippen molar-refractivity contribution in [3.05, 3.63) is 28.9 Å². The van der Waals surface area contributed by atoms with Crippen LogP contribution in [0.15, 0.2) is 18.5 Å². The van der Waals surface area contributed by atoms with Crippen molar-refractivity contribution >= 4 is 27.4 Å². The van der Waals surface area contributed by atoms with Crippen LogP contribution in [0.25, 0.3) is 21.9 Å². The molecule has 3 rings (SSSR count). The Bertz CT molecular complexity index is 751. The van der Waals surface area contributed by atoms with E-state index in [1.807, 2.05) is 0 Å². The molecule has 0 radical (unpaired) electrons. The first-order valence-electron chi connectivity index (χ1n) is 6.49. The van der Waals surface area contributed by atoms with E-state index in [1.54, 1.807) is 29.8 Å². The summed E-state index contributed by atoms with van der Waals surface area (Å²) >= 11 is 1.68. The Kier molecular flexibility index (Phi) is 3.31. The monoisotopic (exact) mass is 285 g/mol. The van der Waals surface area contributed by atoms with Crippen molar-refractivity contribution in [1.82, 2.24) is 19.9 Å². The van der Waals surface area contributed by atoms with E-state index in [-0.39, 0.29) is 0 Å². The summed E-state index contributed by atoms with van der Waals surface area (Å²) in [6.45, 7) is 7.09. The third-order valence-electron chi connectivity index (χ3n) is 3.14. The molecule has 0 saturated carbocycles. The predicted molar refractivity (Wildman–Crippen MR) is 82.1 cm³/mol. The minimum atomic E-state index is 0.553. The van der Waals surface area contributed by atoms with Gasteiger partial charge in [0.05, 0.1) is 5.39 Å². The van der Waals surface area contributed by atoms with Crippen molar-refractivity contribution in [3.8, 4) is 11.6 Å². The number of anilines is 1. The molecular formula is C14H15N5S. The Morgan fingerprint density at radius 2 is 1.85 bits per heavy atom. The van der Waals surface area contributed by atoms with Gasteiger partial charge >= 0.3 is 0 Å². The van der Waals surface area contributed by atoms with Crippen LogP contribution in [0.2, 0.25) is 0 Å². The highest BCUT2D eigenvalue weighted by atomic mass is 32.1. The summed E-state index contributed by atoms with van der Waals surface area (Å²) in [6, 6.07) is 1.78. The predicted octanol–water partition coefficient (Wildman–Crippen LogP) is 3.20. The molecule has 0 spiro atoms. The zero-order valence-corrected chi connectivity index (χ0v) is 12.5. The minimum Gasteiger partial charge on any atom is -0.370 e. The number of nitrogens with one attached hydrogen (secondary N) is 1. The number of fused-ring (bicyclic) bond motifs is 1. The molecule has 0 aromatic carbocycles. The van der Waals surface area contributed by atoms with Crippen LogP contribution < -0.4 is 5.32 Å². The number of nitrogens with zero attached hydrogens (tertiary/aromatic N) is 4. The first-order valence-corrected chi connectivity index (χ1v) is 7.31. The lowest BCUT2D eigenvalue weighted by molar-refractivity contribution is 1.09. The lowest BCUT2D eigenvalue weighted by Crippen LogP contribution is -2.03. The molecule has 5 nitrogen and oxygen atoms in total. The van der Waals surface area contributed by atoms with Crippen LogP contribution in [0.3, 0.4) is 0 Å². The molecule has 3 aromatic rings. The summed E-state index contributed by atoms with van der Waals surface area (Å²) in [5, 5.41) is 4.42. The molecule has 0 unspecified atom stereocenters. The summed E-state index contributed by atoms with van der Waals surface area (Å²) in [6.07, 6.45) is 3.40. The number of aryl methyl sites for hydroxylation is 2. The van der Waals surface area contributed by atoms with Gasteiger partial charge in [0, 0.05) is 23.8 Å². The van der Waals surface area contributed by atoms with Gasteiger partial charge in [0.15, 0.2) is 5.82 Å². The molecule has 0 saturated heterocycles. The van der Waals surface area contributed by atoms with Crippen LogP contribution in [0, 0.1) is 13.8 Å². The third kappa shape index (κ3) is 2.12. The number of aromatic nitrogens is 4. The number of hydrogen-bond acceptors (Lipinski definition) is 6. The molecule has 3 heterocycles. The van der Waals surface area contributed by atoms with Crippen LogP contribution in [0.1, 0.15) is 17.4 Å². The van der Waals surface area contributed by atoms with Crippen molar-refractivity contribution in [1.29, 1.82) is 0 Å². The maximum Gasteiger partial charge on any atom is 0.201 e. The summed E-state index contributed by atoms with van der Waals surface area (Å²) in [5.41, 5.74) is 1.24. The first-order chi connectivity index (χ1) is 9.70. The van der Waals surface area contributed by atoms with E-state index in [1.165, 1.54) is 10.4 Å². The highest BCUT2D eigenvalue weighted by Crippen LogP contribution is 2.34. The second-order valence-electron chi connectivity index (χ2n) is 4.46. The first kappa shape index (κ1) is 12.9. The van der Waals surface area contributed by atoms with Gasteiger partial charge in [-0.25, -0.2) is 19.9 Å². The summed E-state index contributed by atoms with van der Waals surface area (Å²) < 4.78 is 0. The van der Waals surface area contributed by atoms with E-state index in [0.29, 0.717) is 11.6 Å². The molecule has 20 heavy (non-hydrogen) atoms. The van der Waals surface area contributed by atoms with Gasteiger partial charge in [0.1, 0.15) is 10.6 Å². The Hall–Kier alpha value is -2.08. The van der Waals surface area contributed by atoms with Gasteiger partial charge in [0.25, 0.3) is 0 Å². The van der Waals surface area contributed by atoms with Gasteiger partial charge in [-0.1, -0.05) is 0 Å². The number of rotatable bonds is 3. The van der Waals surface area contributed by atoms with Gasteiger partial charge in [-0.3, -0.25) is 0 Å². The van der Waals surface area contributed by atoms with Gasteiger partial charge in [0.2, 0.25) is 5.82 Å². The zero-order chi connectivity index (χ0) is 14.1. The van der Waals surface area contributed by atoms with E-state index >= 15 is 0 Å². The largest absolute Gasteiger partial charge is 0.370 e. The van der Waals surface area contributed by atoms with Crippen molar-refractivity contribution < 1.29 is 0 Å². The van der Waals surface area contributed by atoms with E-state index < -0.39 is 0 Å². The van der Waals surface area contributed by atoms with Crippen molar-refractivity contribution in [2.75, 3.05) is 11.9 Å². The Morgan fingerprint density at radius 3 is 2.55 bits per heavy atom. The van der Waals surface area contributed by atoms with E-state index in [0.717, 1.165) is 22.6 Å². The molecule has 1 N–H and O–H groups in total. The Morgan fingerprint density at radius 1 is 1.10 bits per heavy atom. The topological polar surface area (TPSA) is 63.6 Å². The lowest BCUT2D eigenvalue weighted by atomic mass is 10.2. The Labute approximate surface area is 121 Å². The molecule has 0 aliphatic rings. The van der Waals surface area contributed by atoms with Gasteiger partial charge < -0.3 is 5.32 Å². The van der Waals surface area contributed by atoms with Gasteiger partial charge in [-0.2, -0.15) is 0 Å². The van der Waals surface area contributed by atoms with Gasteiger partial charge in [-0.05, 0) is 32.4 Å². The van der Waals surface area contributed by atoms with Crippen LogP contribution >= 0.6 is 11.3 Å². The quantitative estimate of drug-likeness (QED) is 0.800. The molecule has 0 aliphatic carbocycles. The fraction of sp³-hybridized carbons (Fsp3) is 0.286. The molecule has 3 aromatic heterocycles. The fourth-order valence-corrected chi connectivity index (χ4v) is 3.09. The molecular weight excluding hydrogens is 270 g/mol. The van der Waals surface area contributed by atoms with Crippen LogP contribution in [0.4, 0.5) is 5.82 Å². The Balaban J connectivity index is 2.26. The van der Waals surface area contributed by atoms with Gasteiger partial charge in [-0.15, -0.1) is 11.3 Å². The fourth-order valence-electron chi connectivity index (χ4n) is 2.06. The average Bonchev–Trinajstić information content (AvgIpc) is 2.75. The SMILES string of the molecule is CCNc1nc(-c2ncccn2)nc2sc(C)c(C)c12. The lowest BCUT2D eigenvalue weighted by Gasteiger charge is -2.07. The highest BCUT2D eigenvalue weighted by Gasteiger charge is 2.15. The van der Waals surface area contributed by atoms with E-state index in [9.17, 15) is 0 Å². The molecule has 0 amide bonds. The smallest absolute Gasteiger partial charge is 0.201 e. The zero-order valence-electron chi connectivity index (χ0n) is 11.6. The number of thiophene rings is 1. The second-order valence-corrected chi connectivity index (χ2v) is 5.67. The van der Waals surface area contributed by atoms with Crippen molar-refractivity contribution in [2.45, 2.75) is 20.8 Å². The molecule has 102 valence electrons. The molecule has 6 heteroatoms. The number of hydrogen-bond donors (Lipinski definition) is 1. The summed E-state index contributed by atoms with van der Waals surface area (Å²) in [4.78, 5) is 19.9. The maximum atomic E-state index is 4.61. The van der Waals surface area contributed by atoms with Crippen LogP contribution in [-0.4, -0.2) is 26.5 Å². The molecule has 0 bridgehead atoms. The average molecular weight is 285 g/mol. The molecule has 0 fully saturated rings. The van der Waals surface area contributed by atoms with Crippen molar-refractivity contribution in [2.24, 2.45) is 0 Å². The minimum absolute atomic E-state index is 0.553. The molecule has 0 atom stereocenters. The van der Waals surface area contributed by atoms with E-state index in [4.69, 9.17) is 0 Å². The summed E-state index contributed by atoms with van der Waals surface area (Å²) in [7, 11) is 0. The summed E-state index contributed by atoms with van der Waals surface area (Å²) in [5.74, 6) is 1.98. The standard InChI is InChI=1S/C14H15N5S/c1-4-15-11-10-8(2)9(3)20-14(10)19-13(18-11)12-16-6-5-7-17-12/h5-7H,4H2,1-3H3,(H,15,18,19). The third-order valence-corrected chi connectivity index (χ3v) is 4.24. The molecule has 0 aliphatic heterocycles. The normalized spacial score (nSPS) is 10.9. The highest BCUT2D eigenvalue weighted by molar-refractivity contribution is 7.18.